The van der Waals surface area contributed by atoms with E-state index in [0.29, 0.717) is 32.7 Å². The first-order chi connectivity index (χ1) is 17.3. The average Bonchev–Trinajstić information content (AvgIpc) is 2.87. The van der Waals surface area contributed by atoms with Crippen LogP contribution in [0.25, 0.3) is 0 Å². The maximum Gasteiger partial charge on any atom is 0.262 e. The van der Waals surface area contributed by atoms with E-state index in [0.717, 1.165) is 5.56 Å². The van der Waals surface area contributed by atoms with Crippen LogP contribution in [0.2, 0.25) is 10.0 Å². The molecule has 2 amide bonds. The number of halogens is 2. The highest BCUT2D eigenvalue weighted by Gasteiger charge is 2.24. The lowest BCUT2D eigenvalue weighted by Crippen LogP contribution is -2.48. The van der Waals surface area contributed by atoms with Gasteiger partial charge < -0.3 is 14.8 Å². The van der Waals surface area contributed by atoms with Gasteiger partial charge in [0.25, 0.3) is 11.8 Å². The first-order valence-electron chi connectivity index (χ1n) is 11.2. The summed E-state index contributed by atoms with van der Waals surface area (Å²) < 4.78 is 11.3. The number of carbonyl (C=O) groups excluding carboxylic acids is 2. The molecule has 0 saturated carbocycles. The van der Waals surface area contributed by atoms with Gasteiger partial charge in [-0.05, 0) is 53.9 Å². The van der Waals surface area contributed by atoms with Crippen molar-refractivity contribution >= 4 is 41.2 Å². The number of methoxy groups -OCH3 is 1. The van der Waals surface area contributed by atoms with Crippen LogP contribution in [0.1, 0.15) is 35.3 Å². The molecular formula is C27H27Cl2N3O4. The van der Waals surface area contributed by atoms with E-state index in [4.69, 9.17) is 32.7 Å². The van der Waals surface area contributed by atoms with Gasteiger partial charge in [0.1, 0.15) is 12.6 Å². The molecule has 0 aromatic heterocycles. The van der Waals surface area contributed by atoms with Crippen molar-refractivity contribution in [1.29, 1.82) is 0 Å². The highest BCUT2D eigenvalue weighted by atomic mass is 35.5. The Labute approximate surface area is 220 Å². The summed E-state index contributed by atoms with van der Waals surface area (Å²) >= 11 is 12.1. The van der Waals surface area contributed by atoms with Gasteiger partial charge in [-0.3, -0.25) is 9.59 Å². The average molecular weight is 528 g/mol. The summed E-state index contributed by atoms with van der Waals surface area (Å²) in [7, 11) is 1.53. The van der Waals surface area contributed by atoms with Gasteiger partial charge in [0, 0.05) is 21.2 Å². The summed E-state index contributed by atoms with van der Waals surface area (Å²) in [6.07, 6.45) is 1.48. The van der Waals surface area contributed by atoms with E-state index in [2.05, 4.69) is 15.8 Å². The van der Waals surface area contributed by atoms with Crippen LogP contribution in [0.15, 0.2) is 71.8 Å². The van der Waals surface area contributed by atoms with Crippen molar-refractivity contribution in [2.45, 2.75) is 26.5 Å². The van der Waals surface area contributed by atoms with E-state index in [9.17, 15) is 9.59 Å². The van der Waals surface area contributed by atoms with Gasteiger partial charge in [-0.1, -0.05) is 61.3 Å². The topological polar surface area (TPSA) is 89.0 Å². The number of hydrogen-bond donors (Lipinski definition) is 2. The van der Waals surface area contributed by atoms with Crippen LogP contribution in [0.5, 0.6) is 11.5 Å². The number of nitrogens with one attached hydrogen (secondary N) is 2. The lowest BCUT2D eigenvalue weighted by Gasteiger charge is -2.20. The Morgan fingerprint density at radius 1 is 1.00 bits per heavy atom. The number of benzene rings is 3. The minimum Gasteiger partial charge on any atom is -0.493 e. The molecule has 0 radical (unpaired) electrons. The van der Waals surface area contributed by atoms with Crippen molar-refractivity contribution in [3.05, 3.63) is 93.5 Å². The Kier molecular flexibility index (Phi) is 9.73. The zero-order chi connectivity index (χ0) is 26.1. The first-order valence-corrected chi connectivity index (χ1v) is 12.0. The minimum absolute atomic E-state index is 0.140. The Hall–Kier alpha value is -3.55. The van der Waals surface area contributed by atoms with Gasteiger partial charge in [0.2, 0.25) is 0 Å². The summed E-state index contributed by atoms with van der Waals surface area (Å²) in [5.74, 6) is 0.128. The van der Waals surface area contributed by atoms with Gasteiger partial charge in [-0.2, -0.15) is 5.10 Å². The number of nitrogens with zero attached hydrogens (tertiary/aromatic N) is 1. The fourth-order valence-electron chi connectivity index (χ4n) is 3.27. The number of ether oxygens (including phenoxy) is 2. The number of rotatable bonds is 10. The molecule has 3 aromatic carbocycles. The van der Waals surface area contributed by atoms with Crippen molar-refractivity contribution < 1.29 is 19.1 Å². The zero-order valence-electron chi connectivity index (χ0n) is 20.1. The Bertz CT molecular complexity index is 1230. The molecule has 188 valence electrons. The monoisotopic (exact) mass is 527 g/mol. The van der Waals surface area contributed by atoms with Gasteiger partial charge in [-0.15, -0.1) is 0 Å². The van der Waals surface area contributed by atoms with Crippen LogP contribution < -0.4 is 20.2 Å². The van der Waals surface area contributed by atoms with Crippen LogP contribution in [-0.2, 0) is 11.4 Å². The highest BCUT2D eigenvalue weighted by Crippen LogP contribution is 2.29. The second-order valence-electron chi connectivity index (χ2n) is 8.23. The highest BCUT2D eigenvalue weighted by molar-refractivity contribution is 6.35. The quantitative estimate of drug-likeness (QED) is 0.269. The molecule has 0 spiro atoms. The molecule has 36 heavy (non-hydrogen) atoms. The lowest BCUT2D eigenvalue weighted by atomic mass is 10.0. The summed E-state index contributed by atoms with van der Waals surface area (Å²) in [5, 5.41) is 7.87. The third-order valence-electron chi connectivity index (χ3n) is 5.25. The Morgan fingerprint density at radius 2 is 1.75 bits per heavy atom. The molecule has 1 unspecified atom stereocenters. The predicted molar refractivity (Wildman–Crippen MR) is 142 cm³/mol. The largest absolute Gasteiger partial charge is 0.493 e. The molecule has 0 aliphatic carbocycles. The third kappa shape index (κ3) is 7.47. The second-order valence-corrected chi connectivity index (χ2v) is 9.07. The van der Waals surface area contributed by atoms with Crippen LogP contribution in [0, 0.1) is 5.92 Å². The molecule has 2 N–H and O–H groups in total. The zero-order valence-corrected chi connectivity index (χ0v) is 21.6. The van der Waals surface area contributed by atoms with Crippen LogP contribution >= 0.6 is 23.2 Å². The molecule has 0 saturated heterocycles. The summed E-state index contributed by atoms with van der Waals surface area (Å²) in [4.78, 5) is 25.2. The smallest absolute Gasteiger partial charge is 0.262 e. The van der Waals surface area contributed by atoms with Crippen molar-refractivity contribution in [3.63, 3.8) is 0 Å². The van der Waals surface area contributed by atoms with E-state index < -0.39 is 11.9 Å². The number of carbonyl (C=O) groups is 2. The first kappa shape index (κ1) is 27.0. The number of hydrazone groups is 1. The van der Waals surface area contributed by atoms with E-state index >= 15 is 0 Å². The molecule has 3 rings (SSSR count). The maximum absolute atomic E-state index is 12.7. The fourth-order valence-corrected chi connectivity index (χ4v) is 3.73. The van der Waals surface area contributed by atoms with Crippen molar-refractivity contribution in [3.8, 4) is 11.5 Å². The number of amides is 2. The van der Waals surface area contributed by atoms with Gasteiger partial charge in [0.05, 0.1) is 13.3 Å². The Morgan fingerprint density at radius 3 is 2.42 bits per heavy atom. The van der Waals surface area contributed by atoms with Crippen LogP contribution in [0.4, 0.5) is 0 Å². The van der Waals surface area contributed by atoms with Crippen LogP contribution in [0.3, 0.4) is 0 Å². The van der Waals surface area contributed by atoms with E-state index in [1.165, 1.54) is 13.3 Å². The van der Waals surface area contributed by atoms with Crippen molar-refractivity contribution in [2.24, 2.45) is 11.0 Å². The van der Waals surface area contributed by atoms with Gasteiger partial charge >= 0.3 is 0 Å². The van der Waals surface area contributed by atoms with Crippen LogP contribution in [-0.4, -0.2) is 31.2 Å². The Balaban J connectivity index is 1.61. The van der Waals surface area contributed by atoms with Crippen molar-refractivity contribution in [2.75, 3.05) is 7.11 Å². The normalized spacial score (nSPS) is 11.8. The number of hydrogen-bond acceptors (Lipinski definition) is 5. The standard InChI is InChI=1S/C27H27Cl2N3O4/c1-17(2)25(31-26(33)19-7-5-4-6-8-19)27(34)32-30-15-18-9-12-23(24(13-18)35-3)36-16-20-10-11-21(28)14-22(20)29/h4-15,17,25H,16H2,1-3H3,(H,31,33)(H,32,34). The molecule has 0 heterocycles. The molecule has 0 fully saturated rings. The molecule has 0 bridgehead atoms. The molecule has 3 aromatic rings. The molecule has 0 aliphatic rings. The second kappa shape index (κ2) is 13.0. The van der Waals surface area contributed by atoms with Gasteiger partial charge in [0.15, 0.2) is 11.5 Å². The van der Waals surface area contributed by atoms with E-state index in [1.807, 2.05) is 19.9 Å². The SMILES string of the molecule is COc1cc(C=NNC(=O)C(NC(=O)c2ccccc2)C(C)C)ccc1OCc1ccc(Cl)cc1Cl. The van der Waals surface area contributed by atoms with Crippen molar-refractivity contribution in [1.82, 2.24) is 10.7 Å². The maximum atomic E-state index is 12.7. The fraction of sp³-hybridized carbons (Fsp3) is 0.222. The molecular weight excluding hydrogens is 501 g/mol. The summed E-state index contributed by atoms with van der Waals surface area (Å²) in [5.41, 5.74) is 4.44. The summed E-state index contributed by atoms with van der Waals surface area (Å²) in [6, 6.07) is 18.4. The third-order valence-corrected chi connectivity index (χ3v) is 5.83. The van der Waals surface area contributed by atoms with E-state index in [1.54, 1.807) is 60.7 Å². The molecule has 7 nitrogen and oxygen atoms in total. The lowest BCUT2D eigenvalue weighted by molar-refractivity contribution is -0.123. The molecule has 1 atom stereocenters. The van der Waals surface area contributed by atoms with Gasteiger partial charge in [-0.25, -0.2) is 5.43 Å². The summed E-state index contributed by atoms with van der Waals surface area (Å²) in [6.45, 7) is 3.93. The van der Waals surface area contributed by atoms with E-state index in [-0.39, 0.29) is 18.4 Å². The molecule has 0 aliphatic heterocycles. The minimum atomic E-state index is -0.750. The molecule has 9 heteroatoms. The predicted octanol–water partition coefficient (Wildman–Crippen LogP) is 5.49.